The Hall–Kier alpha value is -1.78. The van der Waals surface area contributed by atoms with Crippen molar-refractivity contribution in [2.75, 3.05) is 6.79 Å². The maximum Gasteiger partial charge on any atom is 0.231 e. The molecule has 0 saturated carbocycles. The van der Waals surface area contributed by atoms with Gasteiger partial charge in [0.2, 0.25) is 6.79 Å². The van der Waals surface area contributed by atoms with Crippen molar-refractivity contribution in [1.82, 2.24) is 4.90 Å². The third kappa shape index (κ3) is 1.84. The third-order valence-corrected chi connectivity index (χ3v) is 4.76. The highest BCUT2D eigenvalue weighted by Gasteiger charge is 2.45. The molecule has 3 heterocycles. The number of nitrogens with zero attached hydrogens (tertiary/aromatic N) is 1. The van der Waals surface area contributed by atoms with Gasteiger partial charge in [-0.25, -0.2) is 4.90 Å². The van der Waals surface area contributed by atoms with Crippen molar-refractivity contribution in [2.45, 2.75) is 45.8 Å². The number of rotatable bonds is 3. The highest BCUT2D eigenvalue weighted by molar-refractivity contribution is 5.61. The smallest absolute Gasteiger partial charge is 0.231 e. The van der Waals surface area contributed by atoms with Gasteiger partial charge in [-0.2, -0.15) is 0 Å². The maximum atomic E-state index is 5.61. The summed E-state index contributed by atoms with van der Waals surface area (Å²) in [5.41, 5.74) is 4.04. The zero-order valence-corrected chi connectivity index (χ0v) is 13.6. The molecule has 0 amide bonds. The Kier molecular flexibility index (Phi) is 3.06. The van der Waals surface area contributed by atoms with Crippen LogP contribution in [-0.4, -0.2) is 23.8 Å². The molecule has 4 rings (SSSR count). The average molecular weight is 299 g/mol. The Morgan fingerprint density at radius 3 is 2.45 bits per heavy atom. The lowest BCUT2D eigenvalue weighted by Crippen LogP contribution is -2.98. The molecule has 0 fully saturated rings. The van der Waals surface area contributed by atoms with Gasteiger partial charge in [-0.05, 0) is 39.8 Å². The molecule has 0 aromatic heterocycles. The molecule has 0 saturated heterocycles. The summed E-state index contributed by atoms with van der Waals surface area (Å²) in [5, 5.41) is 0. The third-order valence-electron chi connectivity index (χ3n) is 4.76. The lowest BCUT2D eigenvalue weighted by Gasteiger charge is -2.35. The van der Waals surface area contributed by atoms with Gasteiger partial charge in [0.25, 0.3) is 0 Å². The molecule has 4 nitrogen and oxygen atoms in total. The first-order valence-electron chi connectivity index (χ1n) is 8.05. The van der Waals surface area contributed by atoms with E-state index in [1.54, 1.807) is 0 Å². The molecule has 1 aromatic carbocycles. The first-order chi connectivity index (χ1) is 10.6. The SMILES string of the molecule is CC(C)N(C(C)C)C1C2=CC=C[NH+]2c2cc3c(cc21)OCO3. The molecule has 22 heavy (non-hydrogen) atoms. The standard InChI is InChI=1S/C18H22N2O2/c1-11(2)20(12(3)4)18-13-8-16-17(22-10-21-16)9-15(13)19-7-5-6-14(18)19/h5-9,11-12,18H,10H2,1-4H3/p+1. The second-order valence-electron chi connectivity index (χ2n) is 6.72. The zero-order valence-electron chi connectivity index (χ0n) is 13.6. The summed E-state index contributed by atoms with van der Waals surface area (Å²) >= 11 is 0. The second-order valence-corrected chi connectivity index (χ2v) is 6.72. The first kappa shape index (κ1) is 13.9. The number of allylic oxidation sites excluding steroid dienone is 2. The number of nitrogens with one attached hydrogen (secondary N) is 1. The van der Waals surface area contributed by atoms with E-state index in [0.717, 1.165) is 11.5 Å². The fourth-order valence-corrected chi connectivity index (χ4v) is 4.02. The second kappa shape index (κ2) is 4.86. The van der Waals surface area contributed by atoms with E-state index in [1.165, 1.54) is 21.8 Å². The largest absolute Gasteiger partial charge is 0.454 e. The lowest BCUT2D eigenvalue weighted by molar-refractivity contribution is -0.724. The summed E-state index contributed by atoms with van der Waals surface area (Å²) in [6.07, 6.45) is 6.63. The molecule has 3 aliphatic heterocycles. The van der Waals surface area contributed by atoms with Gasteiger partial charge in [-0.15, -0.1) is 0 Å². The summed E-state index contributed by atoms with van der Waals surface area (Å²) in [5.74, 6) is 1.74. The molecule has 3 aliphatic rings. The van der Waals surface area contributed by atoms with Gasteiger partial charge >= 0.3 is 0 Å². The van der Waals surface area contributed by atoms with Gasteiger partial charge in [0.1, 0.15) is 23.6 Å². The fourth-order valence-electron chi connectivity index (χ4n) is 4.02. The van der Waals surface area contributed by atoms with Crippen LogP contribution in [0.2, 0.25) is 0 Å². The number of fused-ring (bicyclic) bond motifs is 4. The van der Waals surface area contributed by atoms with Crippen LogP contribution < -0.4 is 14.4 Å². The molecule has 2 atom stereocenters. The zero-order chi connectivity index (χ0) is 15.4. The van der Waals surface area contributed by atoms with E-state index in [0.29, 0.717) is 24.9 Å². The fraction of sp³-hybridized carbons (Fsp3) is 0.444. The van der Waals surface area contributed by atoms with Gasteiger partial charge in [0.15, 0.2) is 11.5 Å². The molecule has 1 N–H and O–H groups in total. The van der Waals surface area contributed by atoms with Gasteiger partial charge in [-0.3, -0.25) is 4.90 Å². The summed E-state index contributed by atoms with van der Waals surface area (Å²) in [4.78, 5) is 3.91. The van der Waals surface area contributed by atoms with Crippen LogP contribution in [0, 0.1) is 0 Å². The number of benzene rings is 1. The Morgan fingerprint density at radius 2 is 1.77 bits per heavy atom. The van der Waals surface area contributed by atoms with E-state index in [9.17, 15) is 0 Å². The van der Waals surface area contributed by atoms with Gasteiger partial charge < -0.3 is 9.47 Å². The molecule has 0 spiro atoms. The van der Waals surface area contributed by atoms with Gasteiger partial charge in [0.05, 0.1) is 0 Å². The molecular weight excluding hydrogens is 276 g/mol. The van der Waals surface area contributed by atoms with Crippen molar-refractivity contribution in [3.8, 4) is 11.5 Å². The Bertz CT molecular complexity index is 668. The summed E-state index contributed by atoms with van der Waals surface area (Å²) in [6.45, 7) is 9.41. The van der Waals surface area contributed by atoms with Crippen molar-refractivity contribution in [3.63, 3.8) is 0 Å². The Morgan fingerprint density at radius 1 is 1.09 bits per heavy atom. The minimum absolute atomic E-state index is 0.300. The van der Waals surface area contributed by atoms with Crippen LogP contribution >= 0.6 is 0 Å². The van der Waals surface area contributed by atoms with Crippen molar-refractivity contribution in [1.29, 1.82) is 0 Å². The number of ether oxygens (including phenoxy) is 2. The predicted octanol–water partition coefficient (Wildman–Crippen LogP) is 2.52. The summed E-state index contributed by atoms with van der Waals surface area (Å²) < 4.78 is 11.2. The van der Waals surface area contributed by atoms with Crippen LogP contribution in [0.3, 0.4) is 0 Å². The maximum absolute atomic E-state index is 5.61. The molecule has 0 radical (unpaired) electrons. The van der Waals surface area contributed by atoms with Crippen molar-refractivity contribution < 1.29 is 14.4 Å². The monoisotopic (exact) mass is 299 g/mol. The number of hydrogen-bond acceptors (Lipinski definition) is 3. The first-order valence-corrected chi connectivity index (χ1v) is 8.05. The van der Waals surface area contributed by atoms with E-state index in [4.69, 9.17) is 9.47 Å². The Labute approximate surface area is 131 Å². The normalized spacial score (nSPS) is 24.4. The Balaban J connectivity index is 1.87. The van der Waals surface area contributed by atoms with E-state index >= 15 is 0 Å². The molecule has 2 unspecified atom stereocenters. The molecule has 1 aromatic rings. The quantitative estimate of drug-likeness (QED) is 0.929. The molecule has 116 valence electrons. The summed E-state index contributed by atoms with van der Waals surface area (Å²) in [6, 6.07) is 5.58. The van der Waals surface area contributed by atoms with Crippen molar-refractivity contribution in [3.05, 3.63) is 41.7 Å². The van der Waals surface area contributed by atoms with Crippen molar-refractivity contribution in [2.24, 2.45) is 0 Å². The van der Waals surface area contributed by atoms with Crippen LogP contribution in [0.5, 0.6) is 11.5 Å². The van der Waals surface area contributed by atoms with Crippen LogP contribution in [0.25, 0.3) is 0 Å². The summed E-state index contributed by atoms with van der Waals surface area (Å²) in [7, 11) is 0. The van der Waals surface area contributed by atoms with Crippen LogP contribution in [0.4, 0.5) is 5.69 Å². The topological polar surface area (TPSA) is 26.1 Å². The van der Waals surface area contributed by atoms with Crippen molar-refractivity contribution >= 4 is 5.69 Å². The molecular formula is C18H23N2O2+. The highest BCUT2D eigenvalue weighted by atomic mass is 16.7. The van der Waals surface area contributed by atoms with Gasteiger partial charge in [-0.1, -0.05) is 0 Å². The highest BCUT2D eigenvalue weighted by Crippen LogP contribution is 2.45. The molecule has 4 heteroatoms. The van der Waals surface area contributed by atoms with Crippen LogP contribution in [-0.2, 0) is 0 Å². The van der Waals surface area contributed by atoms with Crippen LogP contribution in [0.15, 0.2) is 36.2 Å². The van der Waals surface area contributed by atoms with Crippen LogP contribution in [0.1, 0.15) is 39.3 Å². The van der Waals surface area contributed by atoms with E-state index in [2.05, 4.69) is 63.1 Å². The van der Waals surface area contributed by atoms with E-state index < -0.39 is 0 Å². The molecule has 0 aliphatic carbocycles. The number of hydrogen-bond donors (Lipinski definition) is 1. The lowest BCUT2D eigenvalue weighted by atomic mass is 10.0. The van der Waals surface area contributed by atoms with E-state index in [1.807, 2.05) is 0 Å². The average Bonchev–Trinajstić information content (AvgIpc) is 3.14. The minimum Gasteiger partial charge on any atom is -0.454 e. The van der Waals surface area contributed by atoms with E-state index in [-0.39, 0.29) is 0 Å². The predicted molar refractivity (Wildman–Crippen MR) is 85.3 cm³/mol. The molecule has 0 bridgehead atoms. The van der Waals surface area contributed by atoms with Gasteiger partial charge in [0, 0.05) is 29.8 Å². The minimum atomic E-state index is 0.300. The number of quaternary nitrogens is 1.